The Labute approximate surface area is 212 Å². The number of aromatic nitrogens is 2. The van der Waals surface area contributed by atoms with Crippen LogP contribution in [0.2, 0.25) is 0 Å². The van der Waals surface area contributed by atoms with Gasteiger partial charge in [-0.05, 0) is 48.9 Å². The van der Waals surface area contributed by atoms with Crippen molar-refractivity contribution in [2.24, 2.45) is 0 Å². The van der Waals surface area contributed by atoms with E-state index in [2.05, 4.69) is 15.5 Å². The smallest absolute Gasteiger partial charge is 0.269 e. The third-order valence-electron chi connectivity index (χ3n) is 5.60. The van der Waals surface area contributed by atoms with Crippen molar-refractivity contribution in [3.8, 4) is 22.1 Å². The van der Waals surface area contributed by atoms with E-state index >= 15 is 0 Å². The van der Waals surface area contributed by atoms with Crippen LogP contribution in [0.1, 0.15) is 5.56 Å². The zero-order valence-corrected chi connectivity index (χ0v) is 21.0. The van der Waals surface area contributed by atoms with E-state index in [1.807, 2.05) is 37.3 Å². The number of aryl methyl sites for hydroxylation is 1. The number of fused-ring (bicyclic) bond motifs is 1. The number of amides is 1. The van der Waals surface area contributed by atoms with Gasteiger partial charge >= 0.3 is 0 Å². The van der Waals surface area contributed by atoms with E-state index in [-0.39, 0.29) is 11.4 Å². The van der Waals surface area contributed by atoms with E-state index in [1.54, 1.807) is 30.3 Å². The van der Waals surface area contributed by atoms with Crippen LogP contribution in [0.4, 0.5) is 10.8 Å². The van der Waals surface area contributed by atoms with Crippen molar-refractivity contribution in [1.82, 2.24) is 10.2 Å². The van der Waals surface area contributed by atoms with E-state index < -0.39 is 22.0 Å². The van der Waals surface area contributed by atoms with Gasteiger partial charge in [0, 0.05) is 5.56 Å². The second-order valence-electron chi connectivity index (χ2n) is 8.06. The molecular formula is C25H22N4O5S2. The molecular weight excluding hydrogens is 500 g/mol. The van der Waals surface area contributed by atoms with Crippen LogP contribution in [-0.4, -0.2) is 44.3 Å². The average Bonchev–Trinajstić information content (AvgIpc) is 3.36. The summed E-state index contributed by atoms with van der Waals surface area (Å²) in [5.41, 5.74) is 2.11. The largest absolute Gasteiger partial charge is 0.497 e. The van der Waals surface area contributed by atoms with Crippen molar-refractivity contribution in [3.63, 3.8) is 0 Å². The van der Waals surface area contributed by atoms with Crippen LogP contribution in [0.3, 0.4) is 0 Å². The standard InChI is InChI=1S/C25H22N4O5S2/c1-16-8-13-20-21(14-16)34-22(15-29(20)36(31,32)19-11-9-18(33-2)10-12-19)23(30)26-25-28-27-24(35-25)17-6-4-3-5-7-17/h3-14,22H,15H2,1-2H3,(H,26,28,30). The number of benzene rings is 3. The molecule has 1 N–H and O–H groups in total. The highest BCUT2D eigenvalue weighted by molar-refractivity contribution is 7.92. The number of sulfonamides is 1. The minimum atomic E-state index is -3.99. The maximum Gasteiger partial charge on any atom is 0.269 e. The summed E-state index contributed by atoms with van der Waals surface area (Å²) in [6.45, 7) is 1.66. The molecule has 0 spiro atoms. The summed E-state index contributed by atoms with van der Waals surface area (Å²) in [5, 5.41) is 11.9. The number of hydrogen-bond donors (Lipinski definition) is 1. The zero-order valence-electron chi connectivity index (χ0n) is 19.4. The van der Waals surface area contributed by atoms with Gasteiger partial charge in [-0.3, -0.25) is 14.4 Å². The summed E-state index contributed by atoms with van der Waals surface area (Å²) in [6, 6.07) is 20.8. The molecule has 0 fully saturated rings. The average molecular weight is 523 g/mol. The summed E-state index contributed by atoms with van der Waals surface area (Å²) >= 11 is 1.22. The second kappa shape index (κ2) is 9.59. The van der Waals surface area contributed by atoms with Crippen molar-refractivity contribution in [2.75, 3.05) is 23.3 Å². The first-order valence-electron chi connectivity index (χ1n) is 11.0. The summed E-state index contributed by atoms with van der Waals surface area (Å²) in [6.07, 6.45) is -1.10. The molecule has 1 aliphatic heterocycles. The Hall–Kier alpha value is -3.96. The molecule has 0 radical (unpaired) electrons. The molecule has 4 aromatic rings. The fourth-order valence-corrected chi connectivity index (χ4v) is 5.99. The predicted molar refractivity (Wildman–Crippen MR) is 137 cm³/mol. The fourth-order valence-electron chi connectivity index (χ4n) is 3.76. The predicted octanol–water partition coefficient (Wildman–Crippen LogP) is 4.12. The van der Waals surface area contributed by atoms with Gasteiger partial charge in [0.2, 0.25) is 5.13 Å². The molecule has 1 aromatic heterocycles. The van der Waals surface area contributed by atoms with Crippen LogP contribution in [0.15, 0.2) is 77.7 Å². The van der Waals surface area contributed by atoms with Gasteiger partial charge in [0.15, 0.2) is 6.10 Å². The van der Waals surface area contributed by atoms with Crippen LogP contribution < -0.4 is 19.1 Å². The lowest BCUT2D eigenvalue weighted by Gasteiger charge is -2.34. The van der Waals surface area contributed by atoms with Crippen molar-refractivity contribution in [1.29, 1.82) is 0 Å². The Morgan fingerprint density at radius 1 is 1.08 bits per heavy atom. The molecule has 1 aliphatic rings. The van der Waals surface area contributed by atoms with E-state index in [1.165, 1.54) is 34.9 Å². The third-order valence-corrected chi connectivity index (χ3v) is 8.28. The number of nitrogens with one attached hydrogen (secondary N) is 1. The number of ether oxygens (including phenoxy) is 2. The van der Waals surface area contributed by atoms with Gasteiger partial charge < -0.3 is 9.47 Å². The number of carbonyl (C=O) groups is 1. The van der Waals surface area contributed by atoms with Crippen molar-refractivity contribution >= 4 is 38.1 Å². The van der Waals surface area contributed by atoms with Crippen LogP contribution in [0.25, 0.3) is 10.6 Å². The molecule has 2 heterocycles. The van der Waals surface area contributed by atoms with E-state index in [0.29, 0.717) is 27.3 Å². The molecule has 184 valence electrons. The monoisotopic (exact) mass is 522 g/mol. The van der Waals surface area contributed by atoms with Crippen molar-refractivity contribution < 1.29 is 22.7 Å². The number of rotatable bonds is 6. The number of carbonyl (C=O) groups excluding carboxylic acids is 1. The molecule has 0 saturated heterocycles. The van der Waals surface area contributed by atoms with Gasteiger partial charge in [0.1, 0.15) is 16.5 Å². The van der Waals surface area contributed by atoms with Gasteiger partial charge in [-0.2, -0.15) is 0 Å². The molecule has 0 bridgehead atoms. The van der Waals surface area contributed by atoms with Crippen LogP contribution >= 0.6 is 11.3 Å². The first-order chi connectivity index (χ1) is 17.3. The molecule has 0 aliphatic carbocycles. The molecule has 1 unspecified atom stereocenters. The molecule has 1 amide bonds. The van der Waals surface area contributed by atoms with Crippen molar-refractivity contribution in [3.05, 3.63) is 78.4 Å². The van der Waals surface area contributed by atoms with E-state index in [4.69, 9.17) is 9.47 Å². The Morgan fingerprint density at radius 3 is 2.56 bits per heavy atom. The highest BCUT2D eigenvalue weighted by Crippen LogP contribution is 2.38. The lowest BCUT2D eigenvalue weighted by molar-refractivity contribution is -0.122. The maximum absolute atomic E-state index is 13.6. The summed E-state index contributed by atoms with van der Waals surface area (Å²) in [4.78, 5) is 13.2. The first-order valence-corrected chi connectivity index (χ1v) is 13.2. The Balaban J connectivity index is 1.42. The van der Waals surface area contributed by atoms with Crippen molar-refractivity contribution in [2.45, 2.75) is 17.9 Å². The van der Waals surface area contributed by atoms with Crippen LogP contribution in [0, 0.1) is 6.92 Å². The third kappa shape index (κ3) is 4.62. The maximum atomic E-state index is 13.6. The molecule has 1 atom stereocenters. The first kappa shape index (κ1) is 23.8. The van der Waals surface area contributed by atoms with Gasteiger partial charge in [0.05, 0.1) is 24.2 Å². The van der Waals surface area contributed by atoms with Gasteiger partial charge in [-0.1, -0.05) is 47.7 Å². The summed E-state index contributed by atoms with van der Waals surface area (Å²) in [5.74, 6) is 0.324. The quantitative estimate of drug-likeness (QED) is 0.406. The van der Waals surface area contributed by atoms with Gasteiger partial charge in [-0.25, -0.2) is 8.42 Å². The highest BCUT2D eigenvalue weighted by Gasteiger charge is 2.38. The number of anilines is 2. The minimum absolute atomic E-state index is 0.0764. The van der Waals surface area contributed by atoms with Crippen LogP contribution in [0.5, 0.6) is 11.5 Å². The zero-order chi connectivity index (χ0) is 25.3. The lowest BCUT2D eigenvalue weighted by Crippen LogP contribution is -2.48. The molecule has 5 rings (SSSR count). The number of nitrogens with zero attached hydrogens (tertiary/aromatic N) is 3. The molecule has 11 heteroatoms. The topological polar surface area (TPSA) is 111 Å². The minimum Gasteiger partial charge on any atom is -0.497 e. The van der Waals surface area contributed by atoms with E-state index in [9.17, 15) is 13.2 Å². The Bertz CT molecular complexity index is 1510. The fraction of sp³-hybridized carbons (Fsp3) is 0.160. The second-order valence-corrected chi connectivity index (χ2v) is 10.9. The Morgan fingerprint density at radius 2 is 1.83 bits per heavy atom. The molecule has 9 nitrogen and oxygen atoms in total. The molecule has 0 saturated carbocycles. The number of hydrogen-bond acceptors (Lipinski definition) is 8. The molecule has 36 heavy (non-hydrogen) atoms. The number of methoxy groups -OCH3 is 1. The normalized spacial score (nSPS) is 15.1. The molecule has 3 aromatic carbocycles. The van der Waals surface area contributed by atoms with Gasteiger partial charge in [0.25, 0.3) is 15.9 Å². The highest BCUT2D eigenvalue weighted by atomic mass is 32.2. The Kier molecular flexibility index (Phi) is 6.33. The lowest BCUT2D eigenvalue weighted by atomic mass is 10.1. The summed E-state index contributed by atoms with van der Waals surface area (Å²) < 4.78 is 39.5. The van der Waals surface area contributed by atoms with E-state index in [0.717, 1.165) is 11.1 Å². The van der Waals surface area contributed by atoms with Crippen LogP contribution in [-0.2, 0) is 14.8 Å². The SMILES string of the molecule is COc1ccc(S(=O)(=O)N2CC(C(=O)Nc3nnc(-c4ccccc4)s3)Oc3cc(C)ccc32)cc1. The van der Waals surface area contributed by atoms with Gasteiger partial charge in [-0.15, -0.1) is 10.2 Å². The summed E-state index contributed by atoms with van der Waals surface area (Å²) in [7, 11) is -2.48.